The first-order chi connectivity index (χ1) is 8.66. The van der Waals surface area contributed by atoms with Gasteiger partial charge in [0.2, 0.25) is 5.91 Å². The molecule has 0 aromatic heterocycles. The highest BCUT2D eigenvalue weighted by molar-refractivity contribution is 5.81. The molecule has 104 valence electrons. The third-order valence-corrected chi connectivity index (χ3v) is 3.78. The molecular formula is C13H25N3O2. The van der Waals surface area contributed by atoms with Gasteiger partial charge in [0.1, 0.15) is 0 Å². The lowest BCUT2D eigenvalue weighted by molar-refractivity contribution is -0.132. The Morgan fingerprint density at radius 1 is 1.28 bits per heavy atom. The van der Waals surface area contributed by atoms with Crippen molar-refractivity contribution in [3.8, 4) is 0 Å². The number of carbonyl (C=O) groups is 1. The Bertz CT molecular complexity index is 279. The van der Waals surface area contributed by atoms with Crippen molar-refractivity contribution < 1.29 is 9.53 Å². The minimum absolute atomic E-state index is 0.0420. The average Bonchev–Trinajstić information content (AvgIpc) is 2.51. The van der Waals surface area contributed by atoms with Crippen LogP contribution in [-0.4, -0.2) is 74.2 Å². The second-order valence-electron chi connectivity index (χ2n) is 5.47. The molecule has 2 atom stereocenters. The molecule has 2 unspecified atom stereocenters. The molecule has 2 saturated heterocycles. The zero-order valence-corrected chi connectivity index (χ0v) is 11.5. The van der Waals surface area contributed by atoms with Crippen molar-refractivity contribution in [2.24, 2.45) is 5.92 Å². The van der Waals surface area contributed by atoms with Gasteiger partial charge in [0.15, 0.2) is 0 Å². The number of ether oxygens (including phenoxy) is 1. The summed E-state index contributed by atoms with van der Waals surface area (Å²) >= 11 is 0. The Hall–Kier alpha value is -0.650. The SMILES string of the molecule is CC1CNC(C)C(=O)N(CCN2CCOCC2)C1. The van der Waals surface area contributed by atoms with E-state index in [0.717, 1.165) is 52.5 Å². The summed E-state index contributed by atoms with van der Waals surface area (Å²) in [6.45, 7) is 11.4. The van der Waals surface area contributed by atoms with Crippen LogP contribution in [0, 0.1) is 5.92 Å². The van der Waals surface area contributed by atoms with Crippen LogP contribution in [0.15, 0.2) is 0 Å². The van der Waals surface area contributed by atoms with Crippen LogP contribution in [-0.2, 0) is 9.53 Å². The molecule has 0 saturated carbocycles. The number of amides is 1. The number of hydrogen-bond acceptors (Lipinski definition) is 4. The molecule has 2 heterocycles. The number of rotatable bonds is 3. The van der Waals surface area contributed by atoms with E-state index in [1.807, 2.05) is 11.8 Å². The molecule has 0 radical (unpaired) electrons. The van der Waals surface area contributed by atoms with Crippen molar-refractivity contribution in [2.75, 3.05) is 52.5 Å². The van der Waals surface area contributed by atoms with E-state index in [1.54, 1.807) is 0 Å². The third kappa shape index (κ3) is 3.67. The maximum Gasteiger partial charge on any atom is 0.239 e. The Kier molecular flexibility index (Phi) is 4.97. The van der Waals surface area contributed by atoms with Gasteiger partial charge in [-0.05, 0) is 12.8 Å². The van der Waals surface area contributed by atoms with Gasteiger partial charge in [-0.3, -0.25) is 9.69 Å². The van der Waals surface area contributed by atoms with Gasteiger partial charge >= 0.3 is 0 Å². The van der Waals surface area contributed by atoms with Crippen LogP contribution in [0.4, 0.5) is 0 Å². The largest absolute Gasteiger partial charge is 0.379 e. The molecule has 1 N–H and O–H groups in total. The number of nitrogens with zero attached hydrogens (tertiary/aromatic N) is 2. The lowest BCUT2D eigenvalue weighted by atomic mass is 10.2. The van der Waals surface area contributed by atoms with Gasteiger partial charge in [-0.25, -0.2) is 0 Å². The third-order valence-electron chi connectivity index (χ3n) is 3.78. The number of morpholine rings is 1. The predicted molar refractivity (Wildman–Crippen MR) is 70.5 cm³/mol. The first-order valence-corrected chi connectivity index (χ1v) is 6.99. The van der Waals surface area contributed by atoms with E-state index < -0.39 is 0 Å². The number of hydrogen-bond donors (Lipinski definition) is 1. The number of nitrogens with one attached hydrogen (secondary N) is 1. The molecule has 0 bridgehead atoms. The summed E-state index contributed by atoms with van der Waals surface area (Å²) < 4.78 is 5.33. The molecule has 5 nitrogen and oxygen atoms in total. The summed E-state index contributed by atoms with van der Waals surface area (Å²) in [6.07, 6.45) is 0. The summed E-state index contributed by atoms with van der Waals surface area (Å²) in [6, 6.07) is -0.0420. The zero-order valence-electron chi connectivity index (χ0n) is 11.5. The van der Waals surface area contributed by atoms with E-state index >= 15 is 0 Å². The fraction of sp³-hybridized carbons (Fsp3) is 0.923. The summed E-state index contributed by atoms with van der Waals surface area (Å²) in [7, 11) is 0. The predicted octanol–water partition coefficient (Wildman–Crippen LogP) is -0.225. The Morgan fingerprint density at radius 2 is 2.00 bits per heavy atom. The molecule has 0 aromatic rings. The van der Waals surface area contributed by atoms with Crippen molar-refractivity contribution in [1.29, 1.82) is 0 Å². The van der Waals surface area contributed by atoms with Crippen LogP contribution in [0.5, 0.6) is 0 Å². The molecule has 0 spiro atoms. The standard InChI is InChI=1S/C13H25N3O2/c1-11-9-14-12(2)13(17)16(10-11)4-3-15-5-7-18-8-6-15/h11-12,14H,3-10H2,1-2H3. The van der Waals surface area contributed by atoms with E-state index in [0.29, 0.717) is 5.92 Å². The van der Waals surface area contributed by atoms with Crippen LogP contribution >= 0.6 is 0 Å². The monoisotopic (exact) mass is 255 g/mol. The first-order valence-electron chi connectivity index (χ1n) is 6.99. The summed E-state index contributed by atoms with van der Waals surface area (Å²) in [5, 5.41) is 3.29. The molecule has 18 heavy (non-hydrogen) atoms. The highest BCUT2D eigenvalue weighted by Crippen LogP contribution is 2.08. The van der Waals surface area contributed by atoms with E-state index in [-0.39, 0.29) is 11.9 Å². The maximum atomic E-state index is 12.2. The highest BCUT2D eigenvalue weighted by Gasteiger charge is 2.26. The Balaban J connectivity index is 1.83. The minimum Gasteiger partial charge on any atom is -0.379 e. The van der Waals surface area contributed by atoms with Crippen molar-refractivity contribution >= 4 is 5.91 Å². The summed E-state index contributed by atoms with van der Waals surface area (Å²) in [5.74, 6) is 0.774. The molecule has 2 aliphatic rings. The minimum atomic E-state index is -0.0420. The lowest BCUT2D eigenvalue weighted by Gasteiger charge is -2.30. The normalized spacial score (nSPS) is 31.4. The maximum absolute atomic E-state index is 12.2. The molecule has 2 rings (SSSR count). The van der Waals surface area contributed by atoms with Crippen LogP contribution in [0.3, 0.4) is 0 Å². The number of carbonyl (C=O) groups excluding carboxylic acids is 1. The highest BCUT2D eigenvalue weighted by atomic mass is 16.5. The van der Waals surface area contributed by atoms with Gasteiger partial charge in [-0.1, -0.05) is 6.92 Å². The summed E-state index contributed by atoms with van der Waals surface area (Å²) in [5.41, 5.74) is 0. The van der Waals surface area contributed by atoms with Gasteiger partial charge in [-0.2, -0.15) is 0 Å². The molecule has 2 aliphatic heterocycles. The average molecular weight is 255 g/mol. The molecule has 5 heteroatoms. The van der Waals surface area contributed by atoms with Gasteiger partial charge in [-0.15, -0.1) is 0 Å². The second kappa shape index (κ2) is 6.50. The Morgan fingerprint density at radius 3 is 2.72 bits per heavy atom. The van der Waals surface area contributed by atoms with Crippen molar-refractivity contribution in [1.82, 2.24) is 15.1 Å². The molecule has 0 aromatic carbocycles. The van der Waals surface area contributed by atoms with E-state index in [9.17, 15) is 4.79 Å². The quantitative estimate of drug-likeness (QED) is 0.757. The van der Waals surface area contributed by atoms with E-state index in [2.05, 4.69) is 17.1 Å². The topological polar surface area (TPSA) is 44.8 Å². The fourth-order valence-electron chi connectivity index (χ4n) is 2.56. The van der Waals surface area contributed by atoms with Gasteiger partial charge in [0, 0.05) is 39.3 Å². The smallest absolute Gasteiger partial charge is 0.239 e. The molecule has 1 amide bonds. The Labute approximate surface area is 109 Å². The van der Waals surface area contributed by atoms with Crippen molar-refractivity contribution in [2.45, 2.75) is 19.9 Å². The van der Waals surface area contributed by atoms with Gasteiger partial charge in [0.05, 0.1) is 19.3 Å². The second-order valence-corrected chi connectivity index (χ2v) is 5.47. The van der Waals surface area contributed by atoms with Crippen LogP contribution in [0.25, 0.3) is 0 Å². The molecular weight excluding hydrogens is 230 g/mol. The van der Waals surface area contributed by atoms with Crippen LogP contribution in [0.1, 0.15) is 13.8 Å². The zero-order chi connectivity index (χ0) is 13.0. The van der Waals surface area contributed by atoms with Gasteiger partial charge < -0.3 is 15.0 Å². The van der Waals surface area contributed by atoms with Gasteiger partial charge in [0.25, 0.3) is 0 Å². The molecule has 2 fully saturated rings. The lowest BCUT2D eigenvalue weighted by Crippen LogP contribution is -2.46. The van der Waals surface area contributed by atoms with E-state index in [4.69, 9.17) is 4.74 Å². The fourth-order valence-corrected chi connectivity index (χ4v) is 2.56. The van der Waals surface area contributed by atoms with E-state index in [1.165, 1.54) is 0 Å². The molecule has 0 aliphatic carbocycles. The van der Waals surface area contributed by atoms with Crippen LogP contribution in [0.2, 0.25) is 0 Å². The van der Waals surface area contributed by atoms with Crippen LogP contribution < -0.4 is 5.32 Å². The first kappa shape index (κ1) is 13.8. The summed E-state index contributed by atoms with van der Waals surface area (Å²) in [4.78, 5) is 16.6. The van der Waals surface area contributed by atoms with Crippen molar-refractivity contribution in [3.63, 3.8) is 0 Å². The van der Waals surface area contributed by atoms with Crippen molar-refractivity contribution in [3.05, 3.63) is 0 Å².